The first-order chi connectivity index (χ1) is 13.9. The molecule has 6 heteroatoms. The van der Waals surface area contributed by atoms with Crippen LogP contribution < -0.4 is 20.1 Å². The number of carbonyl (C=O) groups excluding carboxylic acids is 2. The zero-order valence-corrected chi connectivity index (χ0v) is 17.3. The van der Waals surface area contributed by atoms with Gasteiger partial charge in [0.1, 0.15) is 0 Å². The van der Waals surface area contributed by atoms with Crippen molar-refractivity contribution in [2.24, 2.45) is 0 Å². The fraction of sp³-hybridized carbons (Fsp3) is 0.304. The molecule has 0 aliphatic rings. The van der Waals surface area contributed by atoms with Gasteiger partial charge in [-0.25, -0.2) is 0 Å². The summed E-state index contributed by atoms with van der Waals surface area (Å²) in [4.78, 5) is 24.7. The minimum absolute atomic E-state index is 0.00495. The molecular formula is C23H28N2O4. The number of carbonyl (C=O) groups is 2. The smallest absolute Gasteiger partial charge is 0.253 e. The zero-order chi connectivity index (χ0) is 21.2. The second-order valence-corrected chi connectivity index (χ2v) is 6.57. The van der Waals surface area contributed by atoms with E-state index in [1.54, 1.807) is 30.3 Å². The lowest BCUT2D eigenvalue weighted by molar-refractivity contribution is -0.111. The Morgan fingerprint density at radius 1 is 1.00 bits per heavy atom. The molecule has 2 N–H and O–H groups in total. The number of benzene rings is 2. The number of rotatable bonds is 9. The molecule has 0 radical (unpaired) electrons. The summed E-state index contributed by atoms with van der Waals surface area (Å²) in [7, 11) is 0. The maximum Gasteiger partial charge on any atom is 0.253 e. The van der Waals surface area contributed by atoms with Gasteiger partial charge in [0.15, 0.2) is 11.5 Å². The highest BCUT2D eigenvalue weighted by Gasteiger charge is 2.13. The number of anilines is 1. The molecule has 2 rings (SSSR count). The molecule has 0 bridgehead atoms. The summed E-state index contributed by atoms with van der Waals surface area (Å²) in [5.74, 6) is 0.739. The third kappa shape index (κ3) is 6.68. The Balaban J connectivity index is 2.12. The van der Waals surface area contributed by atoms with Gasteiger partial charge < -0.3 is 20.1 Å². The molecule has 2 aromatic rings. The molecule has 0 heterocycles. The molecular weight excluding hydrogens is 368 g/mol. The average Bonchev–Trinajstić information content (AvgIpc) is 2.68. The minimum Gasteiger partial charge on any atom is -0.490 e. The van der Waals surface area contributed by atoms with Crippen molar-refractivity contribution in [2.75, 3.05) is 18.5 Å². The summed E-state index contributed by atoms with van der Waals surface area (Å²) in [6.45, 7) is 8.64. The zero-order valence-electron chi connectivity index (χ0n) is 17.3. The standard InChI is InChI=1S/C23H28N2O4/c1-5-28-20-13-11-17(15-21(20)29-6-2)12-14-22(26)25-19-10-8-7-9-18(19)23(27)24-16(3)4/h7-16H,5-6H2,1-4H3,(H,24,27)(H,25,26)/b14-12+. The number of ether oxygens (including phenoxy) is 2. The van der Waals surface area contributed by atoms with Crippen LogP contribution in [-0.2, 0) is 4.79 Å². The Bertz CT molecular complexity index is 875. The van der Waals surface area contributed by atoms with Crippen LogP contribution in [0.5, 0.6) is 11.5 Å². The molecule has 0 aliphatic carbocycles. The maximum absolute atomic E-state index is 12.4. The highest BCUT2D eigenvalue weighted by atomic mass is 16.5. The fourth-order valence-electron chi connectivity index (χ4n) is 2.65. The minimum atomic E-state index is -0.332. The predicted molar refractivity (Wildman–Crippen MR) is 115 cm³/mol. The summed E-state index contributed by atoms with van der Waals surface area (Å²) in [6, 6.07) is 12.4. The molecule has 0 fully saturated rings. The molecule has 154 valence electrons. The van der Waals surface area contributed by atoms with Gasteiger partial charge in [-0.3, -0.25) is 9.59 Å². The van der Waals surface area contributed by atoms with E-state index in [1.807, 2.05) is 45.9 Å². The largest absolute Gasteiger partial charge is 0.490 e. The molecule has 2 aromatic carbocycles. The van der Waals surface area contributed by atoms with Crippen molar-refractivity contribution in [3.8, 4) is 11.5 Å². The quantitative estimate of drug-likeness (QED) is 0.621. The maximum atomic E-state index is 12.4. The Hall–Kier alpha value is -3.28. The number of nitrogens with one attached hydrogen (secondary N) is 2. The van der Waals surface area contributed by atoms with Gasteiger partial charge in [0, 0.05) is 12.1 Å². The van der Waals surface area contributed by atoms with Crippen LogP contribution in [0, 0.1) is 0 Å². The summed E-state index contributed by atoms with van der Waals surface area (Å²) < 4.78 is 11.1. The summed E-state index contributed by atoms with van der Waals surface area (Å²) >= 11 is 0. The van der Waals surface area contributed by atoms with Crippen molar-refractivity contribution in [3.05, 3.63) is 59.7 Å². The Morgan fingerprint density at radius 2 is 1.69 bits per heavy atom. The van der Waals surface area contributed by atoms with Crippen LogP contribution in [0.15, 0.2) is 48.5 Å². The van der Waals surface area contributed by atoms with Gasteiger partial charge in [-0.2, -0.15) is 0 Å². The molecule has 0 unspecified atom stereocenters. The van der Waals surface area contributed by atoms with E-state index in [1.165, 1.54) is 6.08 Å². The summed E-state index contributed by atoms with van der Waals surface area (Å²) in [5.41, 5.74) is 1.68. The number of amides is 2. The first-order valence-electron chi connectivity index (χ1n) is 9.73. The van der Waals surface area contributed by atoms with Gasteiger partial charge in [0.25, 0.3) is 5.91 Å². The Labute approximate surface area is 171 Å². The van der Waals surface area contributed by atoms with Crippen LogP contribution in [0.2, 0.25) is 0 Å². The van der Waals surface area contributed by atoms with Crippen LogP contribution in [0.3, 0.4) is 0 Å². The SMILES string of the molecule is CCOc1ccc(/C=C/C(=O)Nc2ccccc2C(=O)NC(C)C)cc1OCC. The molecule has 0 aromatic heterocycles. The van der Waals surface area contributed by atoms with E-state index in [2.05, 4.69) is 10.6 Å². The first kappa shape index (κ1) is 22.0. The van der Waals surface area contributed by atoms with E-state index >= 15 is 0 Å². The van der Waals surface area contributed by atoms with Gasteiger partial charge >= 0.3 is 0 Å². The van der Waals surface area contributed by atoms with Gasteiger partial charge in [-0.15, -0.1) is 0 Å². The number of para-hydroxylation sites is 1. The fourth-order valence-corrected chi connectivity index (χ4v) is 2.65. The highest BCUT2D eigenvalue weighted by Crippen LogP contribution is 2.29. The van der Waals surface area contributed by atoms with Gasteiger partial charge in [-0.1, -0.05) is 18.2 Å². The van der Waals surface area contributed by atoms with Crippen LogP contribution in [0.4, 0.5) is 5.69 Å². The third-order valence-electron chi connectivity index (χ3n) is 3.84. The van der Waals surface area contributed by atoms with E-state index in [9.17, 15) is 9.59 Å². The summed E-state index contributed by atoms with van der Waals surface area (Å²) in [5, 5.41) is 5.59. The molecule has 6 nitrogen and oxygen atoms in total. The first-order valence-corrected chi connectivity index (χ1v) is 9.73. The lowest BCUT2D eigenvalue weighted by Crippen LogP contribution is -2.30. The predicted octanol–water partition coefficient (Wildman–Crippen LogP) is 4.27. The normalized spacial score (nSPS) is 10.8. The van der Waals surface area contributed by atoms with Crippen molar-refractivity contribution < 1.29 is 19.1 Å². The van der Waals surface area contributed by atoms with Gasteiger partial charge in [0.05, 0.1) is 24.5 Å². The van der Waals surface area contributed by atoms with Crippen LogP contribution >= 0.6 is 0 Å². The van der Waals surface area contributed by atoms with E-state index in [0.717, 1.165) is 5.56 Å². The summed E-state index contributed by atoms with van der Waals surface area (Å²) in [6.07, 6.45) is 3.10. The molecule has 29 heavy (non-hydrogen) atoms. The third-order valence-corrected chi connectivity index (χ3v) is 3.84. The van der Waals surface area contributed by atoms with Crippen molar-refractivity contribution >= 4 is 23.6 Å². The second kappa shape index (κ2) is 10.9. The lowest BCUT2D eigenvalue weighted by Gasteiger charge is -2.12. The molecule has 0 saturated heterocycles. The van der Waals surface area contributed by atoms with Gasteiger partial charge in [-0.05, 0) is 63.6 Å². The topological polar surface area (TPSA) is 76.7 Å². The Kier molecular flexibility index (Phi) is 8.27. The Morgan fingerprint density at radius 3 is 2.38 bits per heavy atom. The van der Waals surface area contributed by atoms with Crippen LogP contribution in [0.1, 0.15) is 43.6 Å². The molecule has 0 spiro atoms. The van der Waals surface area contributed by atoms with Crippen LogP contribution in [0.25, 0.3) is 6.08 Å². The second-order valence-electron chi connectivity index (χ2n) is 6.57. The molecule has 0 aliphatic heterocycles. The van der Waals surface area contributed by atoms with E-state index in [4.69, 9.17) is 9.47 Å². The van der Waals surface area contributed by atoms with Crippen molar-refractivity contribution in [1.82, 2.24) is 5.32 Å². The molecule has 2 amide bonds. The van der Waals surface area contributed by atoms with Crippen molar-refractivity contribution in [2.45, 2.75) is 33.7 Å². The van der Waals surface area contributed by atoms with E-state index in [-0.39, 0.29) is 17.9 Å². The molecule has 0 saturated carbocycles. The van der Waals surface area contributed by atoms with E-state index in [0.29, 0.717) is 36.0 Å². The molecule has 0 atom stereocenters. The lowest BCUT2D eigenvalue weighted by atomic mass is 10.1. The van der Waals surface area contributed by atoms with Gasteiger partial charge in [0.2, 0.25) is 5.91 Å². The monoisotopic (exact) mass is 396 g/mol. The highest BCUT2D eigenvalue weighted by molar-refractivity contribution is 6.07. The van der Waals surface area contributed by atoms with Crippen LogP contribution in [-0.4, -0.2) is 31.1 Å². The number of hydrogen-bond acceptors (Lipinski definition) is 4. The van der Waals surface area contributed by atoms with Crippen molar-refractivity contribution in [3.63, 3.8) is 0 Å². The van der Waals surface area contributed by atoms with E-state index < -0.39 is 0 Å². The van der Waals surface area contributed by atoms with Crippen molar-refractivity contribution in [1.29, 1.82) is 0 Å². The number of hydrogen-bond donors (Lipinski definition) is 2. The average molecular weight is 396 g/mol.